The van der Waals surface area contributed by atoms with E-state index >= 15 is 0 Å². The lowest BCUT2D eigenvalue weighted by molar-refractivity contribution is 0.0914. The van der Waals surface area contributed by atoms with Gasteiger partial charge >= 0.3 is 13.2 Å². The second-order valence-corrected chi connectivity index (χ2v) is 6.85. The summed E-state index contributed by atoms with van der Waals surface area (Å²) in [5.41, 5.74) is 5.31. The van der Waals surface area contributed by atoms with Crippen molar-refractivity contribution in [1.29, 1.82) is 0 Å². The number of nitrogens with zero attached hydrogens (tertiary/aromatic N) is 4. The molecule has 25 heavy (non-hydrogen) atoms. The molecule has 2 rings (SSSR count). The minimum Gasteiger partial charge on any atom is -0.411 e. The number of rotatable bonds is 10. The molecular weight excluding hydrogens is 353 g/mol. The normalized spacial score (nSPS) is 11.8. The standard InChI is InChI=1S/C13H22N5O6P/c1-4-7-21-17-8-15-10-11(19)16-13(14)18(12(10)17)22-9-25(20,23-5-2)24-6-3/h8H,4-7,9H2,1-3H3,(H2,14,16,19). The van der Waals surface area contributed by atoms with Crippen molar-refractivity contribution >= 4 is 24.7 Å². The highest BCUT2D eigenvalue weighted by atomic mass is 31.2. The summed E-state index contributed by atoms with van der Waals surface area (Å²) in [5.74, 6) is -0.237. The van der Waals surface area contributed by atoms with Crippen LogP contribution in [0.3, 0.4) is 0 Å². The van der Waals surface area contributed by atoms with E-state index in [1.54, 1.807) is 13.8 Å². The Morgan fingerprint density at radius 2 is 1.88 bits per heavy atom. The van der Waals surface area contributed by atoms with Gasteiger partial charge in [0.25, 0.3) is 0 Å². The molecule has 0 amide bonds. The highest BCUT2D eigenvalue weighted by molar-refractivity contribution is 7.53. The monoisotopic (exact) mass is 375 g/mol. The predicted molar refractivity (Wildman–Crippen MR) is 90.2 cm³/mol. The van der Waals surface area contributed by atoms with E-state index in [2.05, 4.69) is 9.97 Å². The van der Waals surface area contributed by atoms with Crippen molar-refractivity contribution in [3.63, 3.8) is 0 Å². The van der Waals surface area contributed by atoms with Gasteiger partial charge < -0.3 is 24.5 Å². The number of nitrogens with two attached hydrogens (primary N) is 1. The molecule has 11 nitrogen and oxygen atoms in total. The van der Waals surface area contributed by atoms with Crippen LogP contribution in [0.2, 0.25) is 0 Å². The molecule has 0 radical (unpaired) electrons. The zero-order valence-corrected chi connectivity index (χ0v) is 15.3. The fourth-order valence-electron chi connectivity index (χ4n) is 2.02. The Morgan fingerprint density at radius 3 is 2.48 bits per heavy atom. The van der Waals surface area contributed by atoms with E-state index in [4.69, 9.17) is 24.5 Å². The van der Waals surface area contributed by atoms with Crippen LogP contribution in [0.15, 0.2) is 11.1 Å². The number of hydrogen-bond donors (Lipinski definition) is 1. The van der Waals surface area contributed by atoms with Crippen LogP contribution < -0.4 is 21.0 Å². The zero-order valence-electron chi connectivity index (χ0n) is 14.4. The van der Waals surface area contributed by atoms with Crippen LogP contribution in [0, 0.1) is 0 Å². The van der Waals surface area contributed by atoms with E-state index in [-0.39, 0.29) is 30.3 Å². The van der Waals surface area contributed by atoms with Gasteiger partial charge in [-0.1, -0.05) is 6.92 Å². The van der Waals surface area contributed by atoms with Crippen molar-refractivity contribution in [2.45, 2.75) is 27.2 Å². The van der Waals surface area contributed by atoms with Gasteiger partial charge in [-0.05, 0) is 20.3 Å². The molecule has 12 heteroatoms. The minimum atomic E-state index is -3.49. The quantitative estimate of drug-likeness (QED) is 0.595. The van der Waals surface area contributed by atoms with Crippen LogP contribution in [-0.2, 0) is 13.6 Å². The summed E-state index contributed by atoms with van der Waals surface area (Å²) in [5, 5.41) is 0. The highest BCUT2D eigenvalue weighted by Crippen LogP contribution is 2.47. The first-order valence-corrected chi connectivity index (χ1v) is 9.58. The molecule has 0 saturated heterocycles. The van der Waals surface area contributed by atoms with Crippen molar-refractivity contribution in [2.75, 3.05) is 31.9 Å². The number of nitrogen functional groups attached to an aromatic ring is 1. The number of anilines is 1. The highest BCUT2D eigenvalue weighted by Gasteiger charge is 2.27. The van der Waals surface area contributed by atoms with E-state index in [1.165, 1.54) is 11.1 Å². The fourth-order valence-corrected chi connectivity index (χ4v) is 3.29. The van der Waals surface area contributed by atoms with Gasteiger partial charge in [0.2, 0.25) is 17.9 Å². The number of fused-ring (bicyclic) bond motifs is 1. The van der Waals surface area contributed by atoms with E-state index in [0.29, 0.717) is 6.61 Å². The first-order valence-electron chi connectivity index (χ1n) is 7.86. The molecule has 0 unspecified atom stereocenters. The molecule has 0 aromatic carbocycles. The summed E-state index contributed by atoms with van der Waals surface area (Å²) >= 11 is 0. The second-order valence-electron chi connectivity index (χ2n) is 4.85. The summed E-state index contributed by atoms with van der Waals surface area (Å²) in [4.78, 5) is 30.5. The Kier molecular flexibility index (Phi) is 6.40. The molecular formula is C13H22N5O6P. The average molecular weight is 375 g/mol. The van der Waals surface area contributed by atoms with E-state index in [1.807, 2.05) is 6.92 Å². The molecule has 2 heterocycles. The predicted octanol–water partition coefficient (Wildman–Crippen LogP) is 0.666. The molecule has 0 bridgehead atoms. The number of imidazole rings is 1. The molecule has 140 valence electrons. The molecule has 0 aliphatic carbocycles. The molecule has 0 fully saturated rings. The lowest BCUT2D eigenvalue weighted by atomic mass is 10.5. The third-order valence-corrected chi connectivity index (χ3v) is 4.70. The summed E-state index contributed by atoms with van der Waals surface area (Å²) in [6, 6.07) is 0. The first kappa shape index (κ1) is 19.2. The largest absolute Gasteiger partial charge is 0.411 e. The molecule has 2 N–H and O–H groups in total. The molecule has 0 aliphatic rings. The Morgan fingerprint density at radius 1 is 1.20 bits per heavy atom. The molecule has 0 aliphatic heterocycles. The Balaban J connectivity index is 2.40. The first-order chi connectivity index (χ1) is 12.0. The van der Waals surface area contributed by atoms with Gasteiger partial charge in [0.05, 0.1) is 13.2 Å². The van der Waals surface area contributed by atoms with E-state index in [0.717, 1.165) is 11.2 Å². The molecule has 0 atom stereocenters. The smallest absolute Gasteiger partial charge is 0.370 e. The van der Waals surface area contributed by atoms with Crippen LogP contribution >= 0.6 is 7.60 Å². The van der Waals surface area contributed by atoms with E-state index < -0.39 is 19.5 Å². The lowest BCUT2D eigenvalue weighted by Gasteiger charge is -2.19. The van der Waals surface area contributed by atoms with E-state index in [9.17, 15) is 9.36 Å². The van der Waals surface area contributed by atoms with Gasteiger partial charge in [-0.25, -0.2) is 4.98 Å². The Labute approximate surface area is 144 Å². The van der Waals surface area contributed by atoms with Crippen molar-refractivity contribution in [3.05, 3.63) is 16.7 Å². The summed E-state index contributed by atoms with van der Waals surface area (Å²) < 4.78 is 25.1. The van der Waals surface area contributed by atoms with Crippen LogP contribution in [0.1, 0.15) is 27.2 Å². The van der Waals surface area contributed by atoms with Crippen molar-refractivity contribution in [1.82, 2.24) is 19.4 Å². The average Bonchev–Trinajstić information content (AvgIpc) is 2.97. The molecule has 2 aromatic heterocycles. The Hall–Kier alpha value is -2.10. The fraction of sp³-hybridized carbons (Fsp3) is 0.615. The van der Waals surface area contributed by atoms with Crippen LogP contribution in [0.5, 0.6) is 0 Å². The molecule has 2 aromatic rings. The number of aromatic nitrogens is 4. The van der Waals surface area contributed by atoms with Crippen LogP contribution in [0.25, 0.3) is 11.2 Å². The summed E-state index contributed by atoms with van der Waals surface area (Å²) in [6.45, 7) is 6.06. The number of hydrogen-bond acceptors (Lipinski definition) is 9. The molecule has 0 saturated carbocycles. The van der Waals surface area contributed by atoms with Crippen molar-refractivity contribution in [3.8, 4) is 0 Å². The van der Waals surface area contributed by atoms with Crippen LogP contribution in [0.4, 0.5) is 5.95 Å². The van der Waals surface area contributed by atoms with Gasteiger partial charge in [0.15, 0.2) is 5.52 Å². The van der Waals surface area contributed by atoms with Gasteiger partial charge in [-0.15, -0.1) is 4.73 Å². The van der Waals surface area contributed by atoms with Crippen LogP contribution in [-0.4, -0.2) is 45.6 Å². The van der Waals surface area contributed by atoms with Gasteiger partial charge in [-0.3, -0.25) is 9.36 Å². The Bertz CT molecular complexity index is 809. The topological polar surface area (TPSA) is 133 Å². The maximum atomic E-state index is 12.5. The minimum absolute atomic E-state index is 0.00737. The van der Waals surface area contributed by atoms with Gasteiger partial charge in [0.1, 0.15) is 12.9 Å². The van der Waals surface area contributed by atoms with Crippen molar-refractivity contribution in [2.24, 2.45) is 0 Å². The zero-order chi connectivity index (χ0) is 18.4. The maximum Gasteiger partial charge on any atom is 0.370 e. The summed E-state index contributed by atoms with van der Waals surface area (Å²) in [6.07, 6.45) is 1.64. The van der Waals surface area contributed by atoms with Gasteiger partial charge in [-0.2, -0.15) is 9.71 Å². The maximum absolute atomic E-state index is 12.5. The van der Waals surface area contributed by atoms with Crippen molar-refractivity contribution < 1.29 is 23.3 Å². The third kappa shape index (κ3) is 4.30. The van der Waals surface area contributed by atoms with Gasteiger partial charge in [0, 0.05) is 0 Å². The second kappa shape index (κ2) is 8.32. The lowest BCUT2D eigenvalue weighted by Crippen LogP contribution is -2.27. The SMILES string of the molecule is CCCOn1cnc2c(=O)nc(N)n(OCP(=O)(OCC)OCC)c21. The summed E-state index contributed by atoms with van der Waals surface area (Å²) in [7, 11) is -3.49. The molecule has 0 spiro atoms. The third-order valence-electron chi connectivity index (χ3n) is 2.96.